The highest BCUT2D eigenvalue weighted by molar-refractivity contribution is 7.13. The van der Waals surface area contributed by atoms with Crippen LogP contribution in [0, 0.1) is 0 Å². The molecule has 7 heteroatoms. The van der Waals surface area contributed by atoms with Crippen molar-refractivity contribution in [3.8, 4) is 10.6 Å². The standard InChI is InChI=1S/C22H24N4O2S/c1-24(2)17-9-7-16(8-10-17)22(28)25-13-3-5-18(15-25)26-21(27)12-11-19(23-26)20-6-4-14-29-20/h4,6-12,14,18H,3,5,13,15H2,1-2H3/t18-/m0/s1. The molecule has 2 aromatic heterocycles. The van der Waals surface area contributed by atoms with E-state index in [4.69, 9.17) is 0 Å². The minimum Gasteiger partial charge on any atom is -0.378 e. The summed E-state index contributed by atoms with van der Waals surface area (Å²) in [6.07, 6.45) is 1.69. The van der Waals surface area contributed by atoms with Gasteiger partial charge in [0, 0.05) is 44.5 Å². The van der Waals surface area contributed by atoms with Gasteiger partial charge in [-0.1, -0.05) is 6.07 Å². The van der Waals surface area contributed by atoms with Crippen molar-refractivity contribution in [2.24, 2.45) is 0 Å². The van der Waals surface area contributed by atoms with Crippen LogP contribution in [0.4, 0.5) is 5.69 Å². The molecule has 0 N–H and O–H groups in total. The number of benzene rings is 1. The monoisotopic (exact) mass is 408 g/mol. The molecule has 0 saturated carbocycles. The van der Waals surface area contributed by atoms with Crippen molar-refractivity contribution in [2.75, 3.05) is 32.1 Å². The number of rotatable bonds is 4. The van der Waals surface area contributed by atoms with E-state index in [2.05, 4.69) is 5.10 Å². The SMILES string of the molecule is CN(C)c1ccc(C(=O)N2CCC[C@H](n3nc(-c4cccs4)ccc3=O)C2)cc1. The van der Waals surface area contributed by atoms with Crippen LogP contribution in [0.5, 0.6) is 0 Å². The Kier molecular flexibility index (Phi) is 5.49. The third kappa shape index (κ3) is 4.10. The second kappa shape index (κ2) is 8.21. The van der Waals surface area contributed by atoms with Gasteiger partial charge in [0.2, 0.25) is 0 Å². The molecule has 0 aliphatic carbocycles. The zero-order valence-electron chi connectivity index (χ0n) is 16.6. The third-order valence-corrected chi connectivity index (χ3v) is 6.15. The highest BCUT2D eigenvalue weighted by Gasteiger charge is 2.27. The molecule has 0 unspecified atom stereocenters. The van der Waals surface area contributed by atoms with Crippen LogP contribution in [0.15, 0.2) is 58.7 Å². The Morgan fingerprint density at radius 1 is 1.14 bits per heavy atom. The number of thiophene rings is 1. The zero-order chi connectivity index (χ0) is 20.4. The number of hydrogen-bond donors (Lipinski definition) is 0. The Morgan fingerprint density at radius 3 is 2.62 bits per heavy atom. The lowest BCUT2D eigenvalue weighted by atomic mass is 10.0. The van der Waals surface area contributed by atoms with Gasteiger partial charge in [-0.2, -0.15) is 5.10 Å². The van der Waals surface area contributed by atoms with Crippen molar-refractivity contribution in [3.05, 3.63) is 69.8 Å². The lowest BCUT2D eigenvalue weighted by molar-refractivity contribution is 0.0670. The van der Waals surface area contributed by atoms with Crippen LogP contribution < -0.4 is 10.5 Å². The van der Waals surface area contributed by atoms with E-state index in [-0.39, 0.29) is 17.5 Å². The van der Waals surface area contributed by atoms with Crippen LogP contribution in [0.1, 0.15) is 29.2 Å². The molecule has 1 saturated heterocycles. The van der Waals surface area contributed by atoms with E-state index in [0.717, 1.165) is 29.1 Å². The highest BCUT2D eigenvalue weighted by Crippen LogP contribution is 2.25. The Bertz CT molecular complexity index is 1040. The molecule has 6 nitrogen and oxygen atoms in total. The van der Waals surface area contributed by atoms with Crippen LogP contribution >= 0.6 is 11.3 Å². The molecular formula is C22H24N4O2S. The normalized spacial score (nSPS) is 16.6. The second-order valence-corrected chi connectivity index (χ2v) is 8.41. The lowest BCUT2D eigenvalue weighted by Crippen LogP contribution is -2.43. The first kappa shape index (κ1) is 19.4. The number of carbonyl (C=O) groups is 1. The molecule has 150 valence electrons. The first-order chi connectivity index (χ1) is 14.0. The number of amides is 1. The molecule has 0 radical (unpaired) electrons. The number of likely N-dealkylation sites (tertiary alicyclic amines) is 1. The predicted molar refractivity (Wildman–Crippen MR) is 117 cm³/mol. The Labute approximate surface area is 174 Å². The number of aromatic nitrogens is 2. The first-order valence-electron chi connectivity index (χ1n) is 9.73. The fraction of sp³-hybridized carbons (Fsp3) is 0.318. The van der Waals surface area contributed by atoms with Crippen LogP contribution in [0.2, 0.25) is 0 Å². The van der Waals surface area contributed by atoms with Gasteiger partial charge in [-0.25, -0.2) is 4.68 Å². The van der Waals surface area contributed by atoms with E-state index >= 15 is 0 Å². The maximum absolute atomic E-state index is 13.0. The maximum Gasteiger partial charge on any atom is 0.267 e. The van der Waals surface area contributed by atoms with Crippen molar-refractivity contribution in [1.29, 1.82) is 0 Å². The van der Waals surface area contributed by atoms with Crippen molar-refractivity contribution >= 4 is 22.9 Å². The fourth-order valence-electron chi connectivity index (χ4n) is 3.67. The summed E-state index contributed by atoms with van der Waals surface area (Å²) in [5, 5.41) is 6.60. The van der Waals surface area contributed by atoms with Gasteiger partial charge in [0.15, 0.2) is 0 Å². The summed E-state index contributed by atoms with van der Waals surface area (Å²) in [5.41, 5.74) is 2.39. The average Bonchev–Trinajstić information content (AvgIpc) is 3.28. The Balaban J connectivity index is 1.55. The minimum atomic E-state index is -0.125. The highest BCUT2D eigenvalue weighted by atomic mass is 32.1. The van der Waals surface area contributed by atoms with Crippen LogP contribution in [0.3, 0.4) is 0 Å². The number of nitrogens with zero attached hydrogens (tertiary/aromatic N) is 4. The van der Waals surface area contributed by atoms with Gasteiger partial charge in [-0.15, -0.1) is 11.3 Å². The lowest BCUT2D eigenvalue weighted by Gasteiger charge is -2.33. The number of piperidine rings is 1. The molecule has 0 spiro atoms. The van der Waals surface area contributed by atoms with Gasteiger partial charge in [0.05, 0.1) is 10.9 Å². The molecule has 3 aromatic rings. The molecule has 1 aliphatic rings. The Hall–Kier alpha value is -2.93. The van der Waals surface area contributed by atoms with Crippen molar-refractivity contribution in [3.63, 3.8) is 0 Å². The van der Waals surface area contributed by atoms with E-state index in [1.807, 2.05) is 65.7 Å². The molecule has 1 fully saturated rings. The molecular weight excluding hydrogens is 384 g/mol. The molecule has 0 bridgehead atoms. The minimum absolute atomic E-state index is 0.00228. The van der Waals surface area contributed by atoms with Gasteiger partial charge in [-0.3, -0.25) is 9.59 Å². The molecule has 4 rings (SSSR count). The summed E-state index contributed by atoms with van der Waals surface area (Å²) in [4.78, 5) is 30.4. The van der Waals surface area contributed by atoms with Gasteiger partial charge in [0.1, 0.15) is 5.69 Å². The van der Waals surface area contributed by atoms with E-state index < -0.39 is 0 Å². The summed E-state index contributed by atoms with van der Waals surface area (Å²) in [6.45, 7) is 1.19. The fourth-order valence-corrected chi connectivity index (χ4v) is 4.36. The predicted octanol–water partition coefficient (Wildman–Crippen LogP) is 3.52. The topological polar surface area (TPSA) is 58.4 Å². The largest absolute Gasteiger partial charge is 0.378 e. The summed E-state index contributed by atoms with van der Waals surface area (Å²) >= 11 is 1.60. The first-order valence-corrected chi connectivity index (χ1v) is 10.6. The molecule has 1 aliphatic heterocycles. The molecule has 1 aromatic carbocycles. The summed E-state index contributed by atoms with van der Waals surface area (Å²) in [5.74, 6) is 0.00228. The van der Waals surface area contributed by atoms with E-state index in [1.165, 1.54) is 0 Å². The molecule has 3 heterocycles. The zero-order valence-corrected chi connectivity index (χ0v) is 17.4. The third-order valence-electron chi connectivity index (χ3n) is 5.26. The van der Waals surface area contributed by atoms with E-state index in [0.29, 0.717) is 18.7 Å². The van der Waals surface area contributed by atoms with Crippen LogP contribution in [0.25, 0.3) is 10.6 Å². The van der Waals surface area contributed by atoms with Crippen molar-refractivity contribution in [1.82, 2.24) is 14.7 Å². The van der Waals surface area contributed by atoms with E-state index in [1.54, 1.807) is 28.2 Å². The number of hydrogen-bond acceptors (Lipinski definition) is 5. The number of carbonyl (C=O) groups excluding carboxylic acids is 1. The molecule has 29 heavy (non-hydrogen) atoms. The van der Waals surface area contributed by atoms with Gasteiger partial charge in [0.25, 0.3) is 11.5 Å². The van der Waals surface area contributed by atoms with Crippen molar-refractivity contribution < 1.29 is 4.79 Å². The van der Waals surface area contributed by atoms with Gasteiger partial charge >= 0.3 is 0 Å². The average molecular weight is 409 g/mol. The van der Waals surface area contributed by atoms with Gasteiger partial charge in [-0.05, 0) is 54.6 Å². The Morgan fingerprint density at radius 2 is 1.93 bits per heavy atom. The quantitative estimate of drug-likeness (QED) is 0.663. The van der Waals surface area contributed by atoms with Crippen molar-refractivity contribution in [2.45, 2.75) is 18.9 Å². The van der Waals surface area contributed by atoms with Crippen LogP contribution in [-0.2, 0) is 0 Å². The molecule has 1 amide bonds. The number of anilines is 1. The van der Waals surface area contributed by atoms with E-state index in [9.17, 15) is 9.59 Å². The smallest absolute Gasteiger partial charge is 0.267 e. The van der Waals surface area contributed by atoms with Crippen LogP contribution in [-0.4, -0.2) is 47.8 Å². The molecule has 1 atom stereocenters. The van der Waals surface area contributed by atoms with Gasteiger partial charge < -0.3 is 9.80 Å². The summed E-state index contributed by atoms with van der Waals surface area (Å²) < 4.78 is 1.56. The summed E-state index contributed by atoms with van der Waals surface area (Å²) in [6, 6.07) is 14.8. The summed E-state index contributed by atoms with van der Waals surface area (Å²) in [7, 11) is 3.95. The second-order valence-electron chi connectivity index (χ2n) is 7.47. The maximum atomic E-state index is 13.0.